The summed E-state index contributed by atoms with van der Waals surface area (Å²) in [5, 5.41) is 4.68. The van der Waals surface area contributed by atoms with Gasteiger partial charge in [-0.2, -0.15) is 4.39 Å². The maximum absolute atomic E-state index is 15.5. The van der Waals surface area contributed by atoms with Gasteiger partial charge in [0.25, 0.3) is 0 Å². The van der Waals surface area contributed by atoms with Crippen LogP contribution in [-0.2, 0) is 5.41 Å². The standard InChI is InChI=1S/C44H35FN2.C2H6/c1-29-15-8-10-19-36(29)42(46-4)30(2)44(3,34-17-6-5-7-18-34)35-26-32(38-23-14-24-47-43(38)45)25-33(27-35)41-28-31-16-9-11-20-37(31)39-21-12-13-22-40(39)41;1-2/h5-28H,4H2,1-3H3;1-2H3/b42-30-;. The van der Waals surface area contributed by atoms with E-state index in [4.69, 9.17) is 0 Å². The molecule has 3 heteroatoms. The van der Waals surface area contributed by atoms with Crippen molar-refractivity contribution < 1.29 is 4.39 Å². The number of rotatable bonds is 7. The fraction of sp³-hybridized carbons (Fsp3) is 0.130. The zero-order valence-electron chi connectivity index (χ0n) is 28.8. The maximum Gasteiger partial charge on any atom is 0.220 e. The third kappa shape index (κ3) is 6.09. The summed E-state index contributed by atoms with van der Waals surface area (Å²) in [6, 6.07) is 48.1. The Morgan fingerprint density at radius 1 is 0.653 bits per heavy atom. The predicted octanol–water partition coefficient (Wildman–Crippen LogP) is 12.6. The molecule has 49 heavy (non-hydrogen) atoms. The average molecular weight is 641 g/mol. The van der Waals surface area contributed by atoms with Crippen LogP contribution in [0.25, 0.3) is 49.5 Å². The van der Waals surface area contributed by atoms with Gasteiger partial charge in [-0.05, 0) is 124 Å². The van der Waals surface area contributed by atoms with E-state index in [-0.39, 0.29) is 0 Å². The smallest absolute Gasteiger partial charge is 0.220 e. The summed E-state index contributed by atoms with van der Waals surface area (Å²) >= 11 is 0. The summed E-state index contributed by atoms with van der Waals surface area (Å²) in [6.07, 6.45) is 1.49. The Kier molecular flexibility index (Phi) is 9.64. The number of fused-ring (bicyclic) bond motifs is 3. The van der Waals surface area contributed by atoms with Crippen LogP contribution in [0.5, 0.6) is 0 Å². The normalized spacial score (nSPS) is 12.9. The van der Waals surface area contributed by atoms with Crippen molar-refractivity contribution in [1.82, 2.24) is 4.98 Å². The van der Waals surface area contributed by atoms with Crippen molar-refractivity contribution in [2.45, 2.75) is 40.0 Å². The fourth-order valence-electron chi connectivity index (χ4n) is 6.97. The molecule has 0 aliphatic rings. The third-order valence-corrected chi connectivity index (χ3v) is 9.67. The van der Waals surface area contributed by atoms with Crippen LogP contribution in [0.4, 0.5) is 4.39 Å². The first kappa shape index (κ1) is 33.2. The molecule has 6 aromatic carbocycles. The summed E-state index contributed by atoms with van der Waals surface area (Å²) in [7, 11) is 0. The number of nitrogens with zero attached hydrogens (tertiary/aromatic N) is 2. The number of hydrogen-bond acceptors (Lipinski definition) is 2. The topological polar surface area (TPSA) is 25.2 Å². The van der Waals surface area contributed by atoms with Crippen LogP contribution in [0.1, 0.15) is 49.9 Å². The molecule has 0 bridgehead atoms. The van der Waals surface area contributed by atoms with Crippen LogP contribution >= 0.6 is 0 Å². The second-order valence-electron chi connectivity index (χ2n) is 12.3. The second kappa shape index (κ2) is 14.2. The highest BCUT2D eigenvalue weighted by atomic mass is 19.1. The Morgan fingerprint density at radius 2 is 1.27 bits per heavy atom. The lowest BCUT2D eigenvalue weighted by atomic mass is 9.69. The van der Waals surface area contributed by atoms with Gasteiger partial charge in [0.2, 0.25) is 5.95 Å². The highest BCUT2D eigenvalue weighted by Crippen LogP contribution is 2.46. The van der Waals surface area contributed by atoms with Gasteiger partial charge in [-0.15, -0.1) is 0 Å². The molecule has 0 aliphatic carbocycles. The summed E-state index contributed by atoms with van der Waals surface area (Å²) in [5.74, 6) is -0.499. The number of aryl methyl sites for hydroxylation is 1. The molecule has 0 amide bonds. The number of pyridine rings is 1. The number of allylic oxidation sites excluding steroid dienone is 1. The first-order valence-electron chi connectivity index (χ1n) is 16.9. The predicted molar refractivity (Wildman–Crippen MR) is 208 cm³/mol. The molecule has 0 saturated carbocycles. The van der Waals surface area contributed by atoms with Gasteiger partial charge in [-0.3, -0.25) is 4.99 Å². The first-order chi connectivity index (χ1) is 23.9. The van der Waals surface area contributed by atoms with Crippen molar-refractivity contribution >= 4 is 34.0 Å². The molecule has 0 N–H and O–H groups in total. The number of halogens is 1. The van der Waals surface area contributed by atoms with Crippen LogP contribution in [0.15, 0.2) is 156 Å². The molecule has 1 unspecified atom stereocenters. The molecule has 7 rings (SSSR count). The number of aromatic nitrogens is 1. The van der Waals surface area contributed by atoms with Gasteiger partial charge in [0.05, 0.1) is 5.70 Å². The van der Waals surface area contributed by atoms with Crippen LogP contribution in [0.3, 0.4) is 0 Å². The molecule has 0 radical (unpaired) electrons. The minimum Gasteiger partial charge on any atom is -0.264 e. The molecule has 0 spiro atoms. The third-order valence-electron chi connectivity index (χ3n) is 9.67. The van der Waals surface area contributed by atoms with Crippen molar-refractivity contribution in [2.24, 2.45) is 4.99 Å². The van der Waals surface area contributed by atoms with E-state index < -0.39 is 11.4 Å². The quantitative estimate of drug-likeness (QED) is 0.0967. The Labute approximate surface area is 289 Å². The average Bonchev–Trinajstić information content (AvgIpc) is 3.16. The molecule has 0 saturated heterocycles. The zero-order valence-corrected chi connectivity index (χ0v) is 28.8. The summed E-state index contributed by atoms with van der Waals surface area (Å²) in [4.78, 5) is 8.67. The van der Waals surface area contributed by atoms with Crippen molar-refractivity contribution in [3.8, 4) is 22.3 Å². The highest BCUT2D eigenvalue weighted by Gasteiger charge is 2.34. The summed E-state index contributed by atoms with van der Waals surface area (Å²) in [6.45, 7) is 14.5. The van der Waals surface area contributed by atoms with Crippen LogP contribution in [0.2, 0.25) is 0 Å². The van der Waals surface area contributed by atoms with E-state index >= 15 is 4.39 Å². The molecule has 1 heterocycles. The van der Waals surface area contributed by atoms with Crippen molar-refractivity contribution in [1.29, 1.82) is 0 Å². The van der Waals surface area contributed by atoms with Crippen molar-refractivity contribution in [3.05, 3.63) is 179 Å². The molecule has 7 aromatic rings. The van der Waals surface area contributed by atoms with Gasteiger partial charge in [0.15, 0.2) is 0 Å². The van der Waals surface area contributed by atoms with Crippen molar-refractivity contribution in [3.63, 3.8) is 0 Å². The van der Waals surface area contributed by atoms with Crippen LogP contribution in [-0.4, -0.2) is 11.7 Å². The second-order valence-corrected chi connectivity index (χ2v) is 12.3. The SMILES string of the molecule is C=N/C(=C(/C)C(C)(c1ccccc1)c1cc(-c2cccnc2F)cc(-c2cc3ccccc3c3ccccc23)c1)c1ccccc1C.CC. The van der Waals surface area contributed by atoms with E-state index in [1.54, 1.807) is 12.1 Å². The van der Waals surface area contributed by atoms with E-state index in [1.165, 1.54) is 17.0 Å². The Hall–Kier alpha value is -5.67. The van der Waals surface area contributed by atoms with E-state index in [2.05, 4.69) is 147 Å². The lowest BCUT2D eigenvalue weighted by Crippen LogP contribution is -2.26. The maximum atomic E-state index is 15.5. The van der Waals surface area contributed by atoms with Gasteiger partial charge in [0.1, 0.15) is 0 Å². The molecular formula is C46H41FN2. The minimum atomic E-state index is -0.657. The van der Waals surface area contributed by atoms with Gasteiger partial charge in [-0.25, -0.2) is 4.98 Å². The molecule has 2 nitrogen and oxygen atoms in total. The number of benzene rings is 6. The van der Waals surface area contributed by atoms with E-state index in [0.717, 1.165) is 61.0 Å². The monoisotopic (exact) mass is 640 g/mol. The molecule has 0 aliphatic heterocycles. The fourth-order valence-corrected chi connectivity index (χ4v) is 6.97. The lowest BCUT2D eigenvalue weighted by molar-refractivity contribution is 0.587. The number of hydrogen-bond donors (Lipinski definition) is 0. The zero-order chi connectivity index (χ0) is 34.5. The first-order valence-corrected chi connectivity index (χ1v) is 16.9. The van der Waals surface area contributed by atoms with Gasteiger partial charge in [-0.1, -0.05) is 117 Å². The molecule has 1 atom stereocenters. The summed E-state index contributed by atoms with van der Waals surface area (Å²) < 4.78 is 15.5. The van der Waals surface area contributed by atoms with Gasteiger partial charge < -0.3 is 0 Å². The molecule has 242 valence electrons. The number of aliphatic imine (C=N–C) groups is 1. The molecule has 1 aromatic heterocycles. The van der Waals surface area contributed by atoms with E-state index in [1.807, 2.05) is 32.0 Å². The Bertz CT molecular complexity index is 2320. The lowest BCUT2D eigenvalue weighted by Gasteiger charge is -2.35. The largest absolute Gasteiger partial charge is 0.264 e. The Morgan fingerprint density at radius 3 is 1.96 bits per heavy atom. The van der Waals surface area contributed by atoms with Crippen LogP contribution < -0.4 is 0 Å². The summed E-state index contributed by atoms with van der Waals surface area (Å²) in [5.41, 5.74) is 8.82. The van der Waals surface area contributed by atoms with Crippen molar-refractivity contribution in [2.75, 3.05) is 0 Å². The highest BCUT2D eigenvalue weighted by molar-refractivity contribution is 6.14. The van der Waals surface area contributed by atoms with E-state index in [9.17, 15) is 0 Å². The molecular weight excluding hydrogens is 600 g/mol. The van der Waals surface area contributed by atoms with Gasteiger partial charge in [0, 0.05) is 22.7 Å². The minimum absolute atomic E-state index is 0.457. The molecule has 0 fully saturated rings. The van der Waals surface area contributed by atoms with Crippen LogP contribution in [0, 0.1) is 12.9 Å². The Balaban J connectivity index is 0.00000205. The van der Waals surface area contributed by atoms with Gasteiger partial charge >= 0.3 is 0 Å². The van der Waals surface area contributed by atoms with E-state index in [0.29, 0.717) is 5.56 Å².